The van der Waals surface area contributed by atoms with Crippen LogP contribution in [0.25, 0.3) is 0 Å². The molecule has 2 aliphatic carbocycles. The number of hydrogen-bond acceptors (Lipinski definition) is 3. The van der Waals surface area contributed by atoms with Crippen LogP contribution < -0.4 is 5.32 Å². The lowest BCUT2D eigenvalue weighted by Crippen LogP contribution is -2.45. The minimum atomic E-state index is -0.0989. The van der Waals surface area contributed by atoms with E-state index >= 15 is 0 Å². The Bertz CT molecular complexity index is 399. The van der Waals surface area contributed by atoms with Gasteiger partial charge in [-0.2, -0.15) is 0 Å². The van der Waals surface area contributed by atoms with Crippen molar-refractivity contribution in [3.63, 3.8) is 0 Å². The van der Waals surface area contributed by atoms with E-state index in [1.54, 1.807) is 6.07 Å². The summed E-state index contributed by atoms with van der Waals surface area (Å²) in [6.07, 6.45) is 3.80. The zero-order valence-corrected chi connectivity index (χ0v) is 9.19. The number of phenols is 1. The van der Waals surface area contributed by atoms with Crippen molar-refractivity contribution in [1.82, 2.24) is 5.32 Å². The summed E-state index contributed by atoms with van der Waals surface area (Å²) in [4.78, 5) is 0. The van der Waals surface area contributed by atoms with Gasteiger partial charge in [0.05, 0.1) is 6.10 Å². The SMILES string of the molecule is Oc1ccc2c(c1)CCC2NC1CC(O)C1. The van der Waals surface area contributed by atoms with Crippen LogP contribution in [0.2, 0.25) is 0 Å². The highest BCUT2D eigenvalue weighted by molar-refractivity contribution is 5.40. The molecule has 3 heteroatoms. The zero-order valence-electron chi connectivity index (χ0n) is 9.19. The van der Waals surface area contributed by atoms with Gasteiger partial charge in [-0.3, -0.25) is 0 Å². The van der Waals surface area contributed by atoms with Gasteiger partial charge in [0.25, 0.3) is 0 Å². The van der Waals surface area contributed by atoms with Crippen molar-refractivity contribution in [1.29, 1.82) is 0 Å². The second-order valence-electron chi connectivity index (χ2n) is 4.96. The fraction of sp³-hybridized carbons (Fsp3) is 0.538. The maximum atomic E-state index is 9.40. The van der Waals surface area contributed by atoms with Crippen molar-refractivity contribution in [3.05, 3.63) is 29.3 Å². The van der Waals surface area contributed by atoms with Gasteiger partial charge in [-0.05, 0) is 48.9 Å². The van der Waals surface area contributed by atoms with Crippen LogP contribution in [-0.2, 0) is 6.42 Å². The molecule has 1 atom stereocenters. The molecular weight excluding hydrogens is 202 g/mol. The maximum absolute atomic E-state index is 9.40. The number of aryl methyl sites for hydroxylation is 1. The average Bonchev–Trinajstić information content (AvgIpc) is 2.58. The van der Waals surface area contributed by atoms with Gasteiger partial charge in [0.2, 0.25) is 0 Å². The van der Waals surface area contributed by atoms with Gasteiger partial charge in [-0.1, -0.05) is 6.07 Å². The molecule has 0 aromatic heterocycles. The molecule has 0 amide bonds. The van der Waals surface area contributed by atoms with E-state index in [1.807, 2.05) is 12.1 Å². The van der Waals surface area contributed by atoms with Crippen LogP contribution in [0.4, 0.5) is 0 Å². The Morgan fingerprint density at radius 3 is 2.81 bits per heavy atom. The molecule has 1 saturated carbocycles. The summed E-state index contributed by atoms with van der Waals surface area (Å²) in [5, 5.41) is 22.2. The highest BCUT2D eigenvalue weighted by Crippen LogP contribution is 2.35. The molecule has 0 bridgehead atoms. The van der Waals surface area contributed by atoms with Crippen molar-refractivity contribution in [2.24, 2.45) is 0 Å². The van der Waals surface area contributed by atoms with Crippen LogP contribution in [0.15, 0.2) is 18.2 Å². The Kier molecular flexibility index (Phi) is 2.37. The van der Waals surface area contributed by atoms with E-state index in [0.717, 1.165) is 25.7 Å². The monoisotopic (exact) mass is 219 g/mol. The van der Waals surface area contributed by atoms with Gasteiger partial charge in [-0.15, -0.1) is 0 Å². The molecule has 1 unspecified atom stereocenters. The fourth-order valence-electron chi connectivity index (χ4n) is 2.79. The summed E-state index contributed by atoms with van der Waals surface area (Å²) in [5.41, 5.74) is 2.58. The van der Waals surface area contributed by atoms with Gasteiger partial charge in [0.15, 0.2) is 0 Å². The Labute approximate surface area is 95.1 Å². The van der Waals surface area contributed by atoms with Gasteiger partial charge in [0, 0.05) is 12.1 Å². The summed E-state index contributed by atoms with van der Waals surface area (Å²) in [7, 11) is 0. The Balaban J connectivity index is 1.71. The van der Waals surface area contributed by atoms with E-state index in [4.69, 9.17) is 0 Å². The third-order valence-electron chi connectivity index (χ3n) is 3.75. The lowest BCUT2D eigenvalue weighted by molar-refractivity contribution is 0.0577. The molecule has 0 spiro atoms. The second-order valence-corrected chi connectivity index (χ2v) is 4.96. The van der Waals surface area contributed by atoms with E-state index in [-0.39, 0.29) is 6.10 Å². The van der Waals surface area contributed by atoms with Crippen LogP contribution in [0.5, 0.6) is 5.75 Å². The molecular formula is C13H17NO2. The minimum Gasteiger partial charge on any atom is -0.508 e. The molecule has 0 heterocycles. The van der Waals surface area contributed by atoms with Gasteiger partial charge >= 0.3 is 0 Å². The zero-order chi connectivity index (χ0) is 11.1. The molecule has 3 nitrogen and oxygen atoms in total. The maximum Gasteiger partial charge on any atom is 0.115 e. The normalized spacial score (nSPS) is 32.2. The van der Waals surface area contributed by atoms with Gasteiger partial charge in [0.1, 0.15) is 5.75 Å². The number of benzene rings is 1. The molecule has 86 valence electrons. The first-order valence-corrected chi connectivity index (χ1v) is 5.98. The first-order valence-electron chi connectivity index (χ1n) is 5.98. The van der Waals surface area contributed by atoms with E-state index in [1.165, 1.54) is 11.1 Å². The third-order valence-corrected chi connectivity index (χ3v) is 3.75. The lowest BCUT2D eigenvalue weighted by atomic mass is 9.88. The number of phenolic OH excluding ortho intramolecular Hbond substituents is 1. The van der Waals surface area contributed by atoms with Crippen molar-refractivity contribution in [2.75, 3.05) is 0 Å². The summed E-state index contributed by atoms with van der Waals surface area (Å²) >= 11 is 0. The number of fused-ring (bicyclic) bond motifs is 1. The van der Waals surface area contributed by atoms with E-state index in [0.29, 0.717) is 17.8 Å². The van der Waals surface area contributed by atoms with Gasteiger partial charge in [-0.25, -0.2) is 0 Å². The fourth-order valence-corrected chi connectivity index (χ4v) is 2.79. The third kappa shape index (κ3) is 1.70. The van der Waals surface area contributed by atoms with Crippen molar-refractivity contribution >= 4 is 0 Å². The summed E-state index contributed by atoms with van der Waals surface area (Å²) in [6, 6.07) is 6.53. The molecule has 0 radical (unpaired) electrons. The van der Waals surface area contributed by atoms with Crippen molar-refractivity contribution in [2.45, 2.75) is 43.9 Å². The molecule has 3 rings (SSSR count). The standard InChI is InChI=1S/C13H17NO2/c15-10-2-3-12-8(5-10)1-4-13(12)14-9-6-11(16)7-9/h2-3,5,9,11,13-16H,1,4,6-7H2. The Hall–Kier alpha value is -1.06. The summed E-state index contributed by atoms with van der Waals surface area (Å²) in [6.45, 7) is 0. The number of hydrogen-bond donors (Lipinski definition) is 3. The van der Waals surface area contributed by atoms with Crippen LogP contribution in [0.3, 0.4) is 0 Å². The molecule has 1 aromatic carbocycles. The molecule has 0 saturated heterocycles. The van der Waals surface area contributed by atoms with E-state index in [9.17, 15) is 10.2 Å². The van der Waals surface area contributed by atoms with Crippen molar-refractivity contribution < 1.29 is 10.2 Å². The molecule has 1 aromatic rings. The van der Waals surface area contributed by atoms with Crippen LogP contribution in [-0.4, -0.2) is 22.4 Å². The summed E-state index contributed by atoms with van der Waals surface area (Å²) in [5.74, 6) is 0.360. The summed E-state index contributed by atoms with van der Waals surface area (Å²) < 4.78 is 0. The molecule has 3 N–H and O–H groups in total. The van der Waals surface area contributed by atoms with Crippen LogP contribution >= 0.6 is 0 Å². The Morgan fingerprint density at radius 1 is 1.25 bits per heavy atom. The van der Waals surface area contributed by atoms with Crippen LogP contribution in [0, 0.1) is 0 Å². The molecule has 0 aliphatic heterocycles. The smallest absolute Gasteiger partial charge is 0.115 e. The van der Waals surface area contributed by atoms with E-state index < -0.39 is 0 Å². The topological polar surface area (TPSA) is 52.5 Å². The quantitative estimate of drug-likeness (QED) is 0.706. The first kappa shape index (κ1) is 10.1. The van der Waals surface area contributed by atoms with Gasteiger partial charge < -0.3 is 15.5 Å². The highest BCUT2D eigenvalue weighted by atomic mass is 16.3. The average molecular weight is 219 g/mol. The minimum absolute atomic E-state index is 0.0989. The van der Waals surface area contributed by atoms with Crippen molar-refractivity contribution in [3.8, 4) is 5.75 Å². The number of aliphatic hydroxyl groups excluding tert-OH is 1. The number of nitrogens with one attached hydrogen (secondary N) is 1. The molecule has 1 fully saturated rings. The second kappa shape index (κ2) is 3.75. The predicted octanol–water partition coefficient (Wildman–Crippen LogP) is 1.49. The lowest BCUT2D eigenvalue weighted by Gasteiger charge is -2.34. The van der Waals surface area contributed by atoms with Crippen LogP contribution in [0.1, 0.15) is 36.4 Å². The largest absolute Gasteiger partial charge is 0.508 e. The highest BCUT2D eigenvalue weighted by Gasteiger charge is 2.31. The number of aromatic hydroxyl groups is 1. The number of aliphatic hydroxyl groups is 1. The molecule has 16 heavy (non-hydrogen) atoms. The first-order chi connectivity index (χ1) is 7.72. The predicted molar refractivity (Wildman–Crippen MR) is 61.3 cm³/mol. The molecule has 2 aliphatic rings. The Morgan fingerprint density at radius 2 is 2.06 bits per heavy atom. The number of rotatable bonds is 2. The van der Waals surface area contributed by atoms with E-state index in [2.05, 4.69) is 5.32 Å².